The maximum atomic E-state index is 11.4. The molecule has 0 N–H and O–H groups in total. The number of halogens is 1. The topological polar surface area (TPSA) is 39.2 Å². The number of benzene rings is 1. The van der Waals surface area contributed by atoms with Crippen LogP contribution in [0.25, 0.3) is 10.6 Å². The molecule has 2 aromatic rings. The Morgan fingerprint density at radius 3 is 2.89 bits per heavy atom. The molecule has 0 atom stereocenters. The lowest BCUT2D eigenvalue weighted by molar-refractivity contribution is 0.101. The van der Waals surface area contributed by atoms with Crippen LogP contribution in [0.1, 0.15) is 16.1 Å². The summed E-state index contributed by atoms with van der Waals surface area (Å²) in [6, 6.07) is 5.82. The number of alkyl halides is 1. The van der Waals surface area contributed by atoms with E-state index >= 15 is 0 Å². The van der Waals surface area contributed by atoms with Crippen molar-refractivity contribution in [3.8, 4) is 16.3 Å². The molecule has 0 spiro atoms. The number of nitrogens with zero attached hydrogens (tertiary/aromatic N) is 1. The van der Waals surface area contributed by atoms with Gasteiger partial charge in [0.15, 0.2) is 5.78 Å². The number of methoxy groups -OCH3 is 1. The minimum absolute atomic E-state index is 0.0369. The van der Waals surface area contributed by atoms with Crippen molar-refractivity contribution >= 4 is 28.7 Å². The Labute approximate surface area is 114 Å². The third-order valence-corrected chi connectivity index (χ3v) is 3.69. The highest BCUT2D eigenvalue weighted by molar-refractivity contribution is 7.13. The predicted octanol–water partition coefficient (Wildman–Crippen LogP) is 3.55. The van der Waals surface area contributed by atoms with Crippen LogP contribution in [0.15, 0.2) is 23.6 Å². The van der Waals surface area contributed by atoms with E-state index in [4.69, 9.17) is 16.3 Å². The van der Waals surface area contributed by atoms with E-state index in [2.05, 4.69) is 4.98 Å². The van der Waals surface area contributed by atoms with Gasteiger partial charge < -0.3 is 4.74 Å². The van der Waals surface area contributed by atoms with Crippen LogP contribution in [0.5, 0.6) is 5.75 Å². The quantitative estimate of drug-likeness (QED) is 0.635. The number of ketones is 1. The molecule has 0 aliphatic carbocycles. The molecule has 1 aromatic heterocycles. The van der Waals surface area contributed by atoms with Crippen LogP contribution in [0.2, 0.25) is 0 Å². The van der Waals surface area contributed by atoms with Crippen molar-refractivity contribution < 1.29 is 9.53 Å². The van der Waals surface area contributed by atoms with Crippen LogP contribution < -0.4 is 4.74 Å². The monoisotopic (exact) mass is 281 g/mol. The zero-order chi connectivity index (χ0) is 13.1. The summed E-state index contributed by atoms with van der Waals surface area (Å²) in [5.41, 5.74) is 2.45. The van der Waals surface area contributed by atoms with Crippen LogP contribution in [-0.2, 0) is 0 Å². The lowest BCUT2D eigenvalue weighted by Crippen LogP contribution is -2.00. The average Bonchev–Trinajstić information content (AvgIpc) is 2.87. The highest BCUT2D eigenvalue weighted by atomic mass is 35.5. The molecule has 0 saturated carbocycles. The van der Waals surface area contributed by atoms with Gasteiger partial charge in [-0.25, -0.2) is 4.98 Å². The van der Waals surface area contributed by atoms with Crippen LogP contribution >= 0.6 is 22.9 Å². The van der Waals surface area contributed by atoms with Crippen LogP contribution in [0.4, 0.5) is 0 Å². The van der Waals surface area contributed by atoms with E-state index in [1.165, 1.54) is 11.3 Å². The van der Waals surface area contributed by atoms with Crippen molar-refractivity contribution in [1.82, 2.24) is 4.98 Å². The third kappa shape index (κ3) is 2.54. The van der Waals surface area contributed by atoms with Gasteiger partial charge in [-0.15, -0.1) is 22.9 Å². The van der Waals surface area contributed by atoms with Gasteiger partial charge in [0.1, 0.15) is 16.5 Å². The number of carbonyl (C=O) groups is 1. The lowest BCUT2D eigenvalue weighted by Gasteiger charge is -2.05. The smallest absolute Gasteiger partial charge is 0.196 e. The molecule has 0 radical (unpaired) electrons. The second kappa shape index (κ2) is 5.50. The summed E-state index contributed by atoms with van der Waals surface area (Å²) in [5.74, 6) is 0.655. The molecule has 0 saturated heterocycles. The summed E-state index contributed by atoms with van der Waals surface area (Å²) in [7, 11) is 1.64. The Morgan fingerprint density at radius 1 is 1.50 bits per heavy atom. The van der Waals surface area contributed by atoms with Gasteiger partial charge in [0.25, 0.3) is 0 Å². The van der Waals surface area contributed by atoms with Crippen molar-refractivity contribution in [3.05, 3.63) is 34.8 Å². The standard InChI is InChI=1S/C13H12ClNO2S/c1-8-5-9(3-4-12(8)17-2)13-15-10(7-18-13)11(16)6-14/h3-5,7H,6H2,1-2H3. The number of ether oxygens (including phenoxy) is 1. The Morgan fingerprint density at radius 2 is 2.28 bits per heavy atom. The molecule has 1 heterocycles. The molecule has 1 aromatic carbocycles. The molecule has 0 unspecified atom stereocenters. The first-order valence-corrected chi connectivity index (χ1v) is 6.77. The largest absolute Gasteiger partial charge is 0.496 e. The third-order valence-electron chi connectivity index (χ3n) is 2.55. The molecule has 0 bridgehead atoms. The fraction of sp³-hybridized carbons (Fsp3) is 0.231. The Balaban J connectivity index is 2.34. The molecule has 0 aliphatic rings. The van der Waals surface area contributed by atoms with E-state index in [0.29, 0.717) is 5.69 Å². The average molecular weight is 282 g/mol. The first-order valence-electron chi connectivity index (χ1n) is 5.35. The van der Waals surface area contributed by atoms with Crippen LogP contribution in [0, 0.1) is 6.92 Å². The van der Waals surface area contributed by atoms with E-state index in [-0.39, 0.29) is 11.7 Å². The maximum Gasteiger partial charge on any atom is 0.196 e. The summed E-state index contributed by atoms with van der Waals surface area (Å²) in [6.07, 6.45) is 0. The number of carbonyl (C=O) groups excluding carboxylic acids is 1. The fourth-order valence-electron chi connectivity index (χ4n) is 1.61. The summed E-state index contributed by atoms with van der Waals surface area (Å²) < 4.78 is 5.21. The molecule has 0 amide bonds. The van der Waals surface area contributed by atoms with Crippen molar-refractivity contribution in [2.45, 2.75) is 6.92 Å². The molecule has 3 nitrogen and oxygen atoms in total. The van der Waals surface area contributed by atoms with Gasteiger partial charge >= 0.3 is 0 Å². The zero-order valence-corrected chi connectivity index (χ0v) is 11.6. The number of hydrogen-bond donors (Lipinski definition) is 0. The maximum absolute atomic E-state index is 11.4. The highest BCUT2D eigenvalue weighted by Crippen LogP contribution is 2.28. The molecular weight excluding hydrogens is 270 g/mol. The van der Waals surface area contributed by atoms with E-state index < -0.39 is 0 Å². The summed E-state index contributed by atoms with van der Waals surface area (Å²) >= 11 is 6.94. The SMILES string of the molecule is COc1ccc(-c2nc(C(=O)CCl)cs2)cc1C. The first kappa shape index (κ1) is 13.1. The minimum Gasteiger partial charge on any atom is -0.496 e. The first-order chi connectivity index (χ1) is 8.65. The van der Waals surface area contributed by atoms with Gasteiger partial charge in [-0.05, 0) is 30.7 Å². The Bertz CT molecular complexity index is 580. The van der Waals surface area contributed by atoms with E-state index in [1.54, 1.807) is 12.5 Å². The molecule has 2 rings (SSSR count). The number of hydrogen-bond acceptors (Lipinski definition) is 4. The second-order valence-corrected chi connectivity index (χ2v) is 4.90. The number of rotatable bonds is 4. The minimum atomic E-state index is -0.149. The summed E-state index contributed by atoms with van der Waals surface area (Å²) in [5, 5.41) is 2.55. The fourth-order valence-corrected chi connectivity index (χ4v) is 2.57. The molecule has 94 valence electrons. The Kier molecular flexibility index (Phi) is 3.99. The van der Waals surface area contributed by atoms with E-state index in [0.717, 1.165) is 21.9 Å². The second-order valence-electron chi connectivity index (χ2n) is 3.78. The van der Waals surface area contributed by atoms with Crippen molar-refractivity contribution in [3.63, 3.8) is 0 Å². The van der Waals surface area contributed by atoms with Gasteiger partial charge in [0.05, 0.1) is 13.0 Å². The molecule has 0 fully saturated rings. The van der Waals surface area contributed by atoms with Gasteiger partial charge in [0.2, 0.25) is 0 Å². The van der Waals surface area contributed by atoms with Gasteiger partial charge in [-0.1, -0.05) is 0 Å². The van der Waals surface area contributed by atoms with Crippen LogP contribution in [0.3, 0.4) is 0 Å². The molecule has 0 aliphatic heterocycles. The van der Waals surface area contributed by atoms with Gasteiger partial charge in [0, 0.05) is 10.9 Å². The normalized spacial score (nSPS) is 10.4. The number of aryl methyl sites for hydroxylation is 1. The summed E-state index contributed by atoms with van der Waals surface area (Å²) in [4.78, 5) is 15.7. The molecule has 18 heavy (non-hydrogen) atoms. The van der Waals surface area contributed by atoms with Crippen molar-refractivity contribution in [2.24, 2.45) is 0 Å². The number of thiazole rings is 1. The van der Waals surface area contributed by atoms with Gasteiger partial charge in [-0.3, -0.25) is 4.79 Å². The number of aromatic nitrogens is 1. The van der Waals surface area contributed by atoms with Crippen molar-refractivity contribution in [1.29, 1.82) is 0 Å². The van der Waals surface area contributed by atoms with Crippen LogP contribution in [-0.4, -0.2) is 23.8 Å². The van der Waals surface area contributed by atoms with Crippen molar-refractivity contribution in [2.75, 3.05) is 13.0 Å². The summed E-state index contributed by atoms with van der Waals surface area (Å²) in [6.45, 7) is 1.97. The highest BCUT2D eigenvalue weighted by Gasteiger charge is 2.11. The van der Waals surface area contributed by atoms with E-state index in [9.17, 15) is 4.79 Å². The number of Topliss-reactive ketones (excluding diaryl/α,β-unsaturated/α-hetero) is 1. The zero-order valence-electron chi connectivity index (χ0n) is 10.1. The molecule has 5 heteroatoms. The lowest BCUT2D eigenvalue weighted by atomic mass is 10.1. The van der Waals surface area contributed by atoms with E-state index in [1.807, 2.05) is 25.1 Å². The predicted molar refractivity (Wildman–Crippen MR) is 73.9 cm³/mol. The molecular formula is C13H12ClNO2S. The Hall–Kier alpha value is -1.39. The van der Waals surface area contributed by atoms with Gasteiger partial charge in [-0.2, -0.15) is 0 Å².